The first kappa shape index (κ1) is 33.2. The van der Waals surface area contributed by atoms with Gasteiger partial charge in [-0.3, -0.25) is 20.2 Å². The van der Waals surface area contributed by atoms with Crippen LogP contribution in [0.4, 0.5) is 34.1 Å². The Labute approximate surface area is 260 Å². The fourth-order valence-electron chi connectivity index (χ4n) is 3.98. The standard InChI is InChI=1S/C26H24N6O12S2/c1-41-23-13-17(31(33)34)5-9-21(23)29-43-45(37,38)25-11-15(27)3-7-19(25)20-8-4-16(28)12-26(20)46(39,40)44-30-22-10-6-18(32(35)36)14-24(22)42-2/h3-14,29-30H,27-28H2,1-2H3. The number of nitrogens with one attached hydrogen (secondary N) is 2. The van der Waals surface area contributed by atoms with Crippen molar-refractivity contribution in [1.29, 1.82) is 0 Å². The lowest BCUT2D eigenvalue weighted by Gasteiger charge is -2.17. The molecule has 18 nitrogen and oxygen atoms in total. The third-order valence-electron chi connectivity index (χ3n) is 6.15. The first-order valence-corrected chi connectivity index (χ1v) is 15.3. The van der Waals surface area contributed by atoms with Gasteiger partial charge in [0.05, 0.1) is 36.2 Å². The molecule has 0 aliphatic carbocycles. The second kappa shape index (κ2) is 13.1. The van der Waals surface area contributed by atoms with Gasteiger partial charge in [-0.05, 0) is 36.4 Å². The molecule has 4 rings (SSSR count). The van der Waals surface area contributed by atoms with Gasteiger partial charge in [-0.15, -0.1) is 8.57 Å². The highest BCUT2D eigenvalue weighted by Crippen LogP contribution is 2.38. The van der Waals surface area contributed by atoms with Crippen molar-refractivity contribution in [2.24, 2.45) is 0 Å². The summed E-state index contributed by atoms with van der Waals surface area (Å²) >= 11 is 0. The van der Waals surface area contributed by atoms with Crippen molar-refractivity contribution in [3.63, 3.8) is 0 Å². The smallest absolute Gasteiger partial charge is 0.318 e. The molecule has 46 heavy (non-hydrogen) atoms. The molecule has 0 heterocycles. The second-order valence-corrected chi connectivity index (χ2v) is 12.1. The number of hydrogen-bond acceptors (Lipinski definition) is 16. The molecule has 6 N–H and O–H groups in total. The molecule has 0 aliphatic rings. The molecule has 0 unspecified atom stereocenters. The molecule has 0 saturated heterocycles. The summed E-state index contributed by atoms with van der Waals surface area (Å²) in [5.74, 6) is -0.225. The van der Waals surface area contributed by atoms with Gasteiger partial charge in [0.25, 0.3) is 11.4 Å². The fraction of sp³-hybridized carbons (Fsp3) is 0.0769. The number of non-ortho nitro benzene ring substituents is 2. The summed E-state index contributed by atoms with van der Waals surface area (Å²) in [5.41, 5.74) is 14.8. The molecule has 0 saturated carbocycles. The number of nitrogen functional groups attached to an aromatic ring is 2. The lowest BCUT2D eigenvalue weighted by Crippen LogP contribution is -2.16. The summed E-state index contributed by atoms with van der Waals surface area (Å²) in [6.45, 7) is 0. The molecule has 0 bridgehead atoms. The van der Waals surface area contributed by atoms with E-state index in [1.165, 1.54) is 38.5 Å². The Morgan fingerprint density at radius 1 is 0.609 bits per heavy atom. The van der Waals surface area contributed by atoms with Crippen LogP contribution in [-0.2, 0) is 28.8 Å². The maximum atomic E-state index is 13.4. The minimum absolute atomic E-state index is 0.0260. The van der Waals surface area contributed by atoms with Gasteiger partial charge in [-0.2, -0.15) is 16.8 Å². The van der Waals surface area contributed by atoms with Gasteiger partial charge < -0.3 is 20.9 Å². The van der Waals surface area contributed by atoms with Gasteiger partial charge in [-0.1, -0.05) is 12.1 Å². The molecular weight excluding hydrogens is 652 g/mol. The molecule has 0 amide bonds. The number of anilines is 4. The van der Waals surface area contributed by atoms with Crippen molar-refractivity contribution in [3.05, 3.63) is 93.0 Å². The van der Waals surface area contributed by atoms with Gasteiger partial charge in [0.15, 0.2) is 11.5 Å². The number of rotatable bonds is 13. The molecular formula is C26H24N6O12S2. The molecule has 0 radical (unpaired) electrons. The first-order chi connectivity index (χ1) is 21.7. The summed E-state index contributed by atoms with van der Waals surface area (Å²) < 4.78 is 73.9. The van der Waals surface area contributed by atoms with Gasteiger partial charge in [0.2, 0.25) is 0 Å². The minimum Gasteiger partial charge on any atom is -0.494 e. The van der Waals surface area contributed by atoms with Crippen LogP contribution in [-0.4, -0.2) is 40.9 Å². The van der Waals surface area contributed by atoms with E-state index in [9.17, 15) is 37.1 Å². The van der Waals surface area contributed by atoms with Crippen molar-refractivity contribution in [2.75, 3.05) is 36.6 Å². The van der Waals surface area contributed by atoms with Gasteiger partial charge >= 0.3 is 20.2 Å². The van der Waals surface area contributed by atoms with Crippen LogP contribution in [0.25, 0.3) is 11.1 Å². The van der Waals surface area contributed by atoms with Crippen LogP contribution in [0.2, 0.25) is 0 Å². The highest BCUT2D eigenvalue weighted by Gasteiger charge is 2.28. The predicted molar refractivity (Wildman–Crippen MR) is 164 cm³/mol. The van der Waals surface area contributed by atoms with Gasteiger partial charge in [0.1, 0.15) is 21.2 Å². The van der Waals surface area contributed by atoms with E-state index in [1.807, 2.05) is 0 Å². The normalized spacial score (nSPS) is 11.4. The van der Waals surface area contributed by atoms with Crippen LogP contribution in [0.5, 0.6) is 11.5 Å². The Kier molecular flexibility index (Phi) is 9.46. The van der Waals surface area contributed by atoms with Crippen LogP contribution in [0, 0.1) is 20.2 Å². The maximum Gasteiger partial charge on any atom is 0.318 e. The Bertz CT molecular complexity index is 1910. The number of nitro benzene ring substituents is 2. The summed E-state index contributed by atoms with van der Waals surface area (Å²) in [4.78, 5) is 19.7. The average Bonchev–Trinajstić information content (AvgIpc) is 3.02. The highest BCUT2D eigenvalue weighted by atomic mass is 32.2. The van der Waals surface area contributed by atoms with E-state index < -0.39 is 39.9 Å². The van der Waals surface area contributed by atoms with E-state index in [4.69, 9.17) is 29.5 Å². The zero-order valence-corrected chi connectivity index (χ0v) is 25.3. The Morgan fingerprint density at radius 3 is 1.30 bits per heavy atom. The van der Waals surface area contributed by atoms with Crippen LogP contribution >= 0.6 is 0 Å². The molecule has 20 heteroatoms. The number of nitro groups is 2. The van der Waals surface area contributed by atoms with Crippen LogP contribution in [0.3, 0.4) is 0 Å². The van der Waals surface area contributed by atoms with Crippen molar-refractivity contribution in [3.8, 4) is 22.6 Å². The van der Waals surface area contributed by atoms with E-state index in [0.29, 0.717) is 0 Å². The van der Waals surface area contributed by atoms with Crippen LogP contribution in [0.15, 0.2) is 82.6 Å². The number of ether oxygens (including phenoxy) is 2. The van der Waals surface area contributed by atoms with E-state index in [2.05, 4.69) is 11.0 Å². The summed E-state index contributed by atoms with van der Waals surface area (Å²) in [5, 5.41) is 22.2. The van der Waals surface area contributed by atoms with E-state index in [-0.39, 0.29) is 56.8 Å². The Balaban J connectivity index is 1.71. The molecule has 0 fully saturated rings. The topological polar surface area (TPSA) is 268 Å². The van der Waals surface area contributed by atoms with E-state index in [0.717, 1.165) is 48.5 Å². The quantitative estimate of drug-likeness (QED) is 0.0890. The second-order valence-electron chi connectivity index (χ2n) is 9.07. The number of nitrogens with zero attached hydrogens (tertiary/aromatic N) is 2. The zero-order valence-electron chi connectivity index (χ0n) is 23.7. The molecule has 0 atom stereocenters. The van der Waals surface area contributed by atoms with Crippen molar-refractivity contribution in [1.82, 2.24) is 0 Å². The summed E-state index contributed by atoms with van der Waals surface area (Å²) in [6.07, 6.45) is 0. The molecule has 0 spiro atoms. The number of methoxy groups -OCH3 is 2. The van der Waals surface area contributed by atoms with Crippen molar-refractivity contribution >= 4 is 54.4 Å². The van der Waals surface area contributed by atoms with Gasteiger partial charge in [-0.25, -0.2) is 11.0 Å². The monoisotopic (exact) mass is 676 g/mol. The average molecular weight is 677 g/mol. The fourth-order valence-corrected chi connectivity index (χ4v) is 6.02. The molecule has 0 aliphatic heterocycles. The lowest BCUT2D eigenvalue weighted by molar-refractivity contribution is -0.385. The summed E-state index contributed by atoms with van der Waals surface area (Å²) in [7, 11) is -7.19. The third kappa shape index (κ3) is 7.15. The van der Waals surface area contributed by atoms with E-state index in [1.54, 1.807) is 0 Å². The predicted octanol–water partition coefficient (Wildman–Crippen LogP) is 3.82. The zero-order chi connectivity index (χ0) is 33.8. The third-order valence-corrected chi connectivity index (χ3v) is 8.51. The molecule has 242 valence electrons. The van der Waals surface area contributed by atoms with E-state index >= 15 is 0 Å². The first-order valence-electron chi connectivity index (χ1n) is 12.5. The Morgan fingerprint density at radius 2 is 0.978 bits per heavy atom. The largest absolute Gasteiger partial charge is 0.494 e. The highest BCUT2D eigenvalue weighted by molar-refractivity contribution is 7.87. The Hall–Kier alpha value is -5.70. The maximum absolute atomic E-state index is 13.4. The SMILES string of the molecule is COc1cc([N+](=O)[O-])ccc1NOS(=O)(=O)c1cc(N)ccc1-c1ccc(N)cc1S(=O)(=O)ONc1ccc([N+](=O)[O-])cc1OC. The summed E-state index contributed by atoms with van der Waals surface area (Å²) in [6, 6.07) is 13.7. The molecule has 0 aromatic heterocycles. The number of benzene rings is 4. The lowest BCUT2D eigenvalue weighted by atomic mass is 10.0. The molecule has 4 aromatic carbocycles. The number of hydrogen-bond donors (Lipinski definition) is 4. The van der Waals surface area contributed by atoms with Gasteiger partial charge in [0, 0.05) is 34.6 Å². The number of nitrogens with two attached hydrogens (primary N) is 2. The van der Waals surface area contributed by atoms with Crippen LogP contribution < -0.4 is 31.9 Å². The molecule has 4 aromatic rings. The van der Waals surface area contributed by atoms with Crippen LogP contribution in [0.1, 0.15) is 0 Å². The van der Waals surface area contributed by atoms with Crippen molar-refractivity contribution < 1.29 is 44.7 Å². The van der Waals surface area contributed by atoms with Crippen molar-refractivity contribution in [2.45, 2.75) is 9.79 Å². The minimum atomic E-state index is -4.79.